The van der Waals surface area contributed by atoms with Gasteiger partial charge in [-0.1, -0.05) is 30.3 Å². The molecule has 11 heteroatoms. The van der Waals surface area contributed by atoms with Crippen molar-refractivity contribution in [2.75, 3.05) is 39.8 Å². The fourth-order valence-corrected chi connectivity index (χ4v) is 3.92. The molecule has 1 aliphatic rings. The molecule has 1 fully saturated rings. The molecule has 2 aromatic rings. The Morgan fingerprint density at radius 2 is 1.47 bits per heavy atom. The summed E-state index contributed by atoms with van der Waals surface area (Å²) in [6, 6.07) is 9.91. The van der Waals surface area contributed by atoms with Gasteiger partial charge in [0.15, 0.2) is 0 Å². The molecule has 3 rings (SSSR count). The Hall–Kier alpha value is -2.63. The Morgan fingerprint density at radius 3 is 1.97 bits per heavy atom. The van der Waals surface area contributed by atoms with Crippen LogP contribution in [-0.4, -0.2) is 60.5 Å². The van der Waals surface area contributed by atoms with Crippen molar-refractivity contribution in [3.05, 3.63) is 70.8 Å². The minimum atomic E-state index is -4.92. The van der Waals surface area contributed by atoms with Crippen LogP contribution < -0.4 is 5.84 Å². The van der Waals surface area contributed by atoms with Gasteiger partial charge in [0.05, 0.1) is 11.1 Å². The van der Waals surface area contributed by atoms with E-state index in [0.717, 1.165) is 5.56 Å². The number of nitrogens with zero attached hydrogens (tertiary/aromatic N) is 3. The van der Waals surface area contributed by atoms with Gasteiger partial charge in [-0.25, -0.2) is 5.01 Å². The van der Waals surface area contributed by atoms with Crippen molar-refractivity contribution in [3.63, 3.8) is 0 Å². The largest absolute Gasteiger partial charge is 0.416 e. The fraction of sp³-hybridized carbons (Fsp3) is 0.435. The highest BCUT2D eigenvalue weighted by Crippen LogP contribution is 2.36. The lowest BCUT2D eigenvalue weighted by Crippen LogP contribution is -2.53. The smallest absolute Gasteiger partial charge is 0.344 e. The Morgan fingerprint density at radius 1 is 0.941 bits per heavy atom. The average Bonchev–Trinajstić information content (AvgIpc) is 2.78. The molecule has 0 spiro atoms. The van der Waals surface area contributed by atoms with Crippen LogP contribution in [0.15, 0.2) is 48.5 Å². The van der Waals surface area contributed by atoms with E-state index in [4.69, 9.17) is 5.84 Å². The third-order valence-electron chi connectivity index (χ3n) is 5.82. The van der Waals surface area contributed by atoms with Gasteiger partial charge >= 0.3 is 12.4 Å². The van der Waals surface area contributed by atoms with E-state index >= 15 is 0 Å². The first kappa shape index (κ1) is 26.0. The quantitative estimate of drug-likeness (QED) is 0.494. The van der Waals surface area contributed by atoms with E-state index < -0.39 is 29.5 Å². The van der Waals surface area contributed by atoms with Crippen LogP contribution in [0.3, 0.4) is 0 Å². The van der Waals surface area contributed by atoms with E-state index in [1.54, 1.807) is 17.1 Å². The monoisotopic (exact) mass is 488 g/mol. The van der Waals surface area contributed by atoms with Gasteiger partial charge in [-0.2, -0.15) is 26.3 Å². The van der Waals surface area contributed by atoms with Gasteiger partial charge in [-0.15, -0.1) is 0 Å². The Labute approximate surface area is 193 Å². The topological polar surface area (TPSA) is 52.8 Å². The first-order chi connectivity index (χ1) is 15.9. The van der Waals surface area contributed by atoms with Gasteiger partial charge < -0.3 is 4.90 Å². The minimum Gasteiger partial charge on any atom is -0.344 e. The van der Waals surface area contributed by atoms with Crippen LogP contribution in [0.2, 0.25) is 0 Å². The number of alkyl halides is 6. The Kier molecular flexibility index (Phi) is 7.89. The van der Waals surface area contributed by atoms with Crippen LogP contribution in [0.5, 0.6) is 0 Å². The number of rotatable bonds is 6. The van der Waals surface area contributed by atoms with Crippen LogP contribution in [0.4, 0.5) is 26.3 Å². The summed E-state index contributed by atoms with van der Waals surface area (Å²) in [6.45, 7) is 2.16. The lowest BCUT2D eigenvalue weighted by Gasteiger charge is -2.38. The number of hydrogen-bond donors (Lipinski definition) is 1. The molecule has 0 bridgehead atoms. The van der Waals surface area contributed by atoms with Gasteiger partial charge in [0.25, 0.3) is 0 Å². The van der Waals surface area contributed by atoms with Crippen LogP contribution in [0, 0.1) is 0 Å². The predicted molar refractivity (Wildman–Crippen MR) is 114 cm³/mol. The number of carbonyl (C=O) groups is 1. The number of halogens is 6. The summed E-state index contributed by atoms with van der Waals surface area (Å²) in [5.74, 6) is 5.53. The molecule has 186 valence electrons. The van der Waals surface area contributed by atoms with Crippen molar-refractivity contribution in [1.29, 1.82) is 0 Å². The number of piperazine rings is 1. The SMILES string of the molecule is CN(CCc1cc(C(F)(F)F)cc(C(F)(F)F)c1)C(=O)C(c1ccccc1)N1CCN(N)CC1. The van der Waals surface area contributed by atoms with Gasteiger partial charge in [0, 0.05) is 39.8 Å². The summed E-state index contributed by atoms with van der Waals surface area (Å²) in [5, 5.41) is 1.65. The summed E-state index contributed by atoms with van der Waals surface area (Å²) in [7, 11) is 1.50. The molecule has 34 heavy (non-hydrogen) atoms. The highest BCUT2D eigenvalue weighted by atomic mass is 19.4. The van der Waals surface area contributed by atoms with Crippen molar-refractivity contribution in [2.45, 2.75) is 24.8 Å². The van der Waals surface area contributed by atoms with Gasteiger partial charge in [-0.3, -0.25) is 15.5 Å². The molecule has 1 amide bonds. The van der Waals surface area contributed by atoms with Crippen molar-refractivity contribution >= 4 is 5.91 Å². The lowest BCUT2D eigenvalue weighted by molar-refractivity contribution is -0.143. The summed E-state index contributed by atoms with van der Waals surface area (Å²) in [4.78, 5) is 16.7. The number of carbonyl (C=O) groups excluding carboxylic acids is 1. The summed E-state index contributed by atoms with van der Waals surface area (Å²) < 4.78 is 78.8. The zero-order chi connectivity index (χ0) is 25.1. The fourth-order valence-electron chi connectivity index (χ4n) is 3.92. The van der Waals surface area contributed by atoms with Crippen LogP contribution in [0.1, 0.15) is 28.3 Å². The number of hydrazine groups is 1. The molecule has 0 radical (unpaired) electrons. The third kappa shape index (κ3) is 6.49. The highest BCUT2D eigenvalue weighted by molar-refractivity contribution is 5.83. The second-order valence-electron chi connectivity index (χ2n) is 8.31. The maximum atomic E-state index is 13.4. The van der Waals surface area contributed by atoms with Gasteiger partial charge in [0.1, 0.15) is 6.04 Å². The van der Waals surface area contributed by atoms with Crippen molar-refractivity contribution in [3.8, 4) is 0 Å². The molecule has 1 heterocycles. The first-order valence-corrected chi connectivity index (χ1v) is 10.7. The molecule has 1 saturated heterocycles. The Balaban J connectivity index is 1.79. The average molecular weight is 488 g/mol. The number of likely N-dealkylation sites (N-methyl/N-ethyl adjacent to an activating group) is 1. The molecular formula is C23H26F6N4O. The predicted octanol–water partition coefficient (Wildman–Crippen LogP) is 3.96. The van der Waals surface area contributed by atoms with Gasteiger partial charge in [-0.05, 0) is 35.7 Å². The number of amides is 1. The molecule has 1 aliphatic heterocycles. The standard InChI is InChI=1S/C23H26F6N4O/c1-31(8-7-16-13-18(22(24,25)26)15-19(14-16)23(27,28)29)21(34)20(17-5-3-2-4-6-17)32-9-11-33(30)12-10-32/h2-6,13-15,20H,7-12,30H2,1H3. The molecule has 1 unspecified atom stereocenters. The van der Waals surface area contributed by atoms with E-state index in [2.05, 4.69) is 0 Å². The third-order valence-corrected chi connectivity index (χ3v) is 5.82. The maximum absolute atomic E-state index is 13.4. The molecule has 2 N–H and O–H groups in total. The van der Waals surface area contributed by atoms with Gasteiger partial charge in [0.2, 0.25) is 5.91 Å². The summed E-state index contributed by atoms with van der Waals surface area (Å²) >= 11 is 0. The lowest BCUT2D eigenvalue weighted by atomic mass is 10.0. The van der Waals surface area contributed by atoms with Crippen LogP contribution in [0.25, 0.3) is 0 Å². The molecule has 0 saturated carbocycles. The van der Waals surface area contributed by atoms with E-state index in [9.17, 15) is 31.1 Å². The van der Waals surface area contributed by atoms with E-state index in [1.807, 2.05) is 23.1 Å². The molecule has 5 nitrogen and oxygen atoms in total. The van der Waals surface area contributed by atoms with Crippen molar-refractivity contribution < 1.29 is 31.1 Å². The summed E-state index contributed by atoms with van der Waals surface area (Å²) in [5.41, 5.74) is -2.13. The minimum absolute atomic E-state index is 0.0440. The molecule has 0 aliphatic carbocycles. The van der Waals surface area contributed by atoms with Crippen molar-refractivity contribution in [1.82, 2.24) is 14.8 Å². The van der Waals surface area contributed by atoms with Crippen LogP contribution >= 0.6 is 0 Å². The zero-order valence-corrected chi connectivity index (χ0v) is 18.5. The van der Waals surface area contributed by atoms with E-state index in [1.165, 1.54) is 11.9 Å². The molecule has 2 aromatic carbocycles. The second kappa shape index (κ2) is 10.3. The summed E-state index contributed by atoms with van der Waals surface area (Å²) in [6.07, 6.45) is -9.99. The van der Waals surface area contributed by atoms with E-state index in [-0.39, 0.29) is 30.5 Å². The first-order valence-electron chi connectivity index (χ1n) is 10.7. The Bertz CT molecular complexity index is 939. The second-order valence-corrected chi connectivity index (χ2v) is 8.31. The molecule has 1 atom stereocenters. The number of benzene rings is 2. The number of hydrogen-bond acceptors (Lipinski definition) is 4. The van der Waals surface area contributed by atoms with Crippen LogP contribution in [-0.2, 0) is 23.6 Å². The highest BCUT2D eigenvalue weighted by Gasteiger charge is 2.37. The molecular weight excluding hydrogens is 462 g/mol. The van der Waals surface area contributed by atoms with Crippen molar-refractivity contribution in [2.24, 2.45) is 5.84 Å². The normalized spacial score (nSPS) is 16.9. The zero-order valence-electron chi connectivity index (χ0n) is 18.5. The van der Waals surface area contributed by atoms with E-state index in [0.29, 0.717) is 38.3 Å². The molecule has 0 aromatic heterocycles. The maximum Gasteiger partial charge on any atom is 0.416 e. The number of nitrogens with two attached hydrogens (primary N) is 1.